The Bertz CT molecular complexity index is 921. The highest BCUT2D eigenvalue weighted by molar-refractivity contribution is 5.97. The molecule has 0 radical (unpaired) electrons. The summed E-state index contributed by atoms with van der Waals surface area (Å²) in [5.74, 6) is -1.53. The van der Waals surface area contributed by atoms with Gasteiger partial charge in [-0.25, -0.2) is 4.79 Å². The lowest BCUT2D eigenvalue weighted by atomic mass is 10.0. The molecule has 0 aliphatic heterocycles. The van der Waals surface area contributed by atoms with Gasteiger partial charge in [0.25, 0.3) is 0 Å². The van der Waals surface area contributed by atoms with Crippen molar-refractivity contribution < 1.29 is 24.2 Å². The van der Waals surface area contributed by atoms with E-state index in [1.807, 2.05) is 37.4 Å². The molecule has 34 heavy (non-hydrogen) atoms. The minimum Gasteiger partial charge on any atom is -0.467 e. The van der Waals surface area contributed by atoms with Gasteiger partial charge in [0, 0.05) is 5.69 Å². The molecule has 2 aromatic rings. The van der Waals surface area contributed by atoms with E-state index in [1.54, 1.807) is 12.1 Å². The van der Waals surface area contributed by atoms with Gasteiger partial charge in [-0.05, 0) is 62.5 Å². The largest absolute Gasteiger partial charge is 0.467 e. The van der Waals surface area contributed by atoms with Gasteiger partial charge in [-0.1, -0.05) is 42.5 Å². The second-order valence-electron chi connectivity index (χ2n) is 7.99. The lowest BCUT2D eigenvalue weighted by molar-refractivity contribution is -0.150. The second-order valence-corrected chi connectivity index (χ2v) is 7.99. The first-order valence-electron chi connectivity index (χ1n) is 11.3. The van der Waals surface area contributed by atoms with Crippen LogP contribution in [0.4, 0.5) is 5.69 Å². The topological polar surface area (TPSA) is 143 Å². The summed E-state index contributed by atoms with van der Waals surface area (Å²) in [5, 5.41) is 18.6. The minimum absolute atomic E-state index is 0.341. The van der Waals surface area contributed by atoms with E-state index in [1.165, 1.54) is 19.2 Å². The van der Waals surface area contributed by atoms with E-state index in [0.29, 0.717) is 24.1 Å². The van der Waals surface area contributed by atoms with Crippen LogP contribution in [0.25, 0.3) is 0 Å². The van der Waals surface area contributed by atoms with E-state index in [2.05, 4.69) is 20.7 Å². The van der Waals surface area contributed by atoms with Crippen LogP contribution >= 0.6 is 0 Å². The number of aliphatic hydroxyl groups excluding tert-OH is 1. The molecule has 0 heterocycles. The van der Waals surface area contributed by atoms with Gasteiger partial charge in [0.05, 0.1) is 13.2 Å². The highest BCUT2D eigenvalue weighted by Gasteiger charge is 2.24. The molecule has 2 aromatic carbocycles. The van der Waals surface area contributed by atoms with Gasteiger partial charge in [-0.15, -0.1) is 0 Å². The molecule has 3 atom stereocenters. The predicted molar refractivity (Wildman–Crippen MR) is 130 cm³/mol. The number of amides is 2. The fraction of sp³-hybridized carbons (Fsp3) is 0.400. The van der Waals surface area contributed by atoms with Crippen molar-refractivity contribution in [2.75, 3.05) is 26.0 Å². The van der Waals surface area contributed by atoms with Crippen LogP contribution in [0.5, 0.6) is 0 Å². The number of ether oxygens (including phenoxy) is 1. The summed E-state index contributed by atoms with van der Waals surface area (Å²) in [7, 11) is 3.05. The standard InChI is InChI=1S/C25H34N4O5/c1-27-15-7-6-10-21(29-23(31)20(26)16-17-8-4-3-5-9-17)24(32)28-19-13-11-18(12-14-19)22(30)25(33)34-2/h3-5,8-9,11-14,20-22,27,30H,6-7,10,15-16,26H2,1-2H3,(H,28,32)(H,29,31)/t20-,21-,22?/m0/s1. The monoisotopic (exact) mass is 470 g/mol. The Morgan fingerprint density at radius 1 is 1.00 bits per heavy atom. The predicted octanol–water partition coefficient (Wildman–Crippen LogP) is 1.28. The minimum atomic E-state index is -1.40. The van der Waals surface area contributed by atoms with Gasteiger partial charge in [0.1, 0.15) is 6.04 Å². The van der Waals surface area contributed by atoms with Gasteiger partial charge in [0.15, 0.2) is 6.10 Å². The van der Waals surface area contributed by atoms with Crippen molar-refractivity contribution in [2.24, 2.45) is 5.73 Å². The second kappa shape index (κ2) is 14.1. The zero-order valence-electron chi connectivity index (χ0n) is 19.6. The van der Waals surface area contributed by atoms with Crippen LogP contribution < -0.4 is 21.7 Å². The number of carbonyl (C=O) groups excluding carboxylic acids is 3. The van der Waals surface area contributed by atoms with Gasteiger partial charge in [-0.2, -0.15) is 0 Å². The summed E-state index contributed by atoms with van der Waals surface area (Å²) in [4.78, 5) is 37.2. The average Bonchev–Trinajstić information content (AvgIpc) is 2.85. The molecule has 0 fully saturated rings. The molecule has 0 spiro atoms. The summed E-state index contributed by atoms with van der Waals surface area (Å²) >= 11 is 0. The molecule has 9 heteroatoms. The molecule has 0 saturated carbocycles. The highest BCUT2D eigenvalue weighted by Crippen LogP contribution is 2.18. The van der Waals surface area contributed by atoms with Crippen LogP contribution in [0, 0.1) is 0 Å². The summed E-state index contributed by atoms with van der Waals surface area (Å²) in [6, 6.07) is 14.1. The number of methoxy groups -OCH3 is 1. The quantitative estimate of drug-likeness (QED) is 0.219. The molecule has 0 saturated heterocycles. The van der Waals surface area contributed by atoms with E-state index >= 15 is 0 Å². The lowest BCUT2D eigenvalue weighted by Gasteiger charge is -2.21. The van der Waals surface area contributed by atoms with Gasteiger partial charge in [-0.3, -0.25) is 9.59 Å². The third-order valence-corrected chi connectivity index (χ3v) is 5.36. The number of nitrogens with two attached hydrogens (primary N) is 1. The third kappa shape index (κ3) is 8.58. The molecular formula is C25H34N4O5. The first-order valence-corrected chi connectivity index (χ1v) is 11.3. The van der Waals surface area contributed by atoms with Gasteiger partial charge in [0.2, 0.25) is 11.8 Å². The zero-order chi connectivity index (χ0) is 24.9. The molecule has 6 N–H and O–H groups in total. The maximum absolute atomic E-state index is 13.0. The van der Waals surface area contributed by atoms with E-state index in [4.69, 9.17) is 5.73 Å². The number of nitrogens with one attached hydrogen (secondary N) is 3. The molecule has 184 valence electrons. The highest BCUT2D eigenvalue weighted by atomic mass is 16.5. The lowest BCUT2D eigenvalue weighted by Crippen LogP contribution is -2.50. The number of rotatable bonds is 13. The van der Waals surface area contributed by atoms with Crippen LogP contribution in [0.2, 0.25) is 0 Å². The maximum Gasteiger partial charge on any atom is 0.339 e. The van der Waals surface area contributed by atoms with Crippen LogP contribution in [0.3, 0.4) is 0 Å². The van der Waals surface area contributed by atoms with E-state index in [0.717, 1.165) is 24.9 Å². The Balaban J connectivity index is 2.02. The summed E-state index contributed by atoms with van der Waals surface area (Å²) in [6.07, 6.45) is 1.00. The van der Waals surface area contributed by atoms with Crippen molar-refractivity contribution in [1.82, 2.24) is 10.6 Å². The molecule has 0 aliphatic rings. The van der Waals surface area contributed by atoms with Crippen molar-refractivity contribution in [3.63, 3.8) is 0 Å². The van der Waals surface area contributed by atoms with E-state index < -0.39 is 30.1 Å². The van der Waals surface area contributed by atoms with E-state index in [-0.39, 0.29) is 5.91 Å². The normalized spacial score (nSPS) is 13.4. The number of carbonyl (C=O) groups is 3. The fourth-order valence-corrected chi connectivity index (χ4v) is 3.38. The molecule has 2 amide bonds. The third-order valence-electron chi connectivity index (χ3n) is 5.36. The van der Waals surface area contributed by atoms with Crippen LogP contribution in [-0.4, -0.2) is 55.7 Å². The van der Waals surface area contributed by atoms with Crippen LogP contribution in [0.1, 0.15) is 36.5 Å². The number of hydrogen-bond acceptors (Lipinski definition) is 7. The Morgan fingerprint density at radius 2 is 1.68 bits per heavy atom. The number of unbranched alkanes of at least 4 members (excludes halogenated alkanes) is 1. The van der Waals surface area contributed by atoms with Gasteiger partial charge >= 0.3 is 5.97 Å². The Kier molecular flexibility index (Phi) is 11.2. The zero-order valence-corrected chi connectivity index (χ0v) is 19.6. The fourth-order valence-electron chi connectivity index (χ4n) is 3.38. The first-order chi connectivity index (χ1) is 16.3. The van der Waals surface area contributed by atoms with Crippen molar-refractivity contribution >= 4 is 23.5 Å². The molecule has 1 unspecified atom stereocenters. The summed E-state index contributed by atoms with van der Waals surface area (Å²) in [5.41, 5.74) is 7.84. The summed E-state index contributed by atoms with van der Waals surface area (Å²) in [6.45, 7) is 0.805. The average molecular weight is 471 g/mol. The summed E-state index contributed by atoms with van der Waals surface area (Å²) < 4.78 is 4.53. The molecule has 0 aromatic heterocycles. The number of aliphatic hydroxyl groups is 1. The van der Waals surface area contributed by atoms with Crippen molar-refractivity contribution in [3.05, 3.63) is 65.7 Å². The number of esters is 1. The maximum atomic E-state index is 13.0. The number of hydrogen-bond donors (Lipinski definition) is 5. The van der Waals surface area contributed by atoms with Crippen LogP contribution in [-0.2, 0) is 25.5 Å². The molecule has 0 aliphatic carbocycles. The van der Waals surface area contributed by atoms with Crippen molar-refractivity contribution in [2.45, 2.75) is 43.9 Å². The van der Waals surface area contributed by atoms with Gasteiger partial charge < -0.3 is 31.5 Å². The number of benzene rings is 2. The van der Waals surface area contributed by atoms with Crippen LogP contribution in [0.15, 0.2) is 54.6 Å². The smallest absolute Gasteiger partial charge is 0.339 e. The first kappa shape index (κ1) is 27.0. The molecular weight excluding hydrogens is 436 g/mol. The van der Waals surface area contributed by atoms with Crippen molar-refractivity contribution in [1.29, 1.82) is 0 Å². The Morgan fingerprint density at radius 3 is 2.29 bits per heavy atom. The molecule has 0 bridgehead atoms. The SMILES string of the molecule is CNCCCC[C@H](NC(=O)[C@@H](N)Cc1ccccc1)C(=O)Nc1ccc(C(O)C(=O)OC)cc1. The Labute approximate surface area is 200 Å². The Hall–Kier alpha value is -3.27. The number of anilines is 1. The molecule has 2 rings (SSSR count). The van der Waals surface area contributed by atoms with E-state index in [9.17, 15) is 19.5 Å². The molecule has 9 nitrogen and oxygen atoms in total. The van der Waals surface area contributed by atoms with Crippen molar-refractivity contribution in [3.8, 4) is 0 Å².